The molecular weight excluding hydrogens is 308 g/mol. The lowest BCUT2D eigenvalue weighted by molar-refractivity contribution is -0.129. The van der Waals surface area contributed by atoms with E-state index in [4.69, 9.17) is 4.74 Å². The van der Waals surface area contributed by atoms with E-state index in [1.54, 1.807) is 11.4 Å². The number of rotatable bonds is 5. The van der Waals surface area contributed by atoms with Gasteiger partial charge >= 0.3 is 11.9 Å². The zero-order valence-electron chi connectivity index (χ0n) is 11.8. The molecule has 7 nitrogen and oxygen atoms in total. The third kappa shape index (κ3) is 3.29. The molecule has 114 valence electrons. The summed E-state index contributed by atoms with van der Waals surface area (Å²) in [6.07, 6.45) is 1.34. The molecule has 2 rings (SSSR count). The van der Waals surface area contributed by atoms with Crippen molar-refractivity contribution in [3.05, 3.63) is 40.2 Å². The van der Waals surface area contributed by atoms with E-state index in [-0.39, 0.29) is 16.3 Å². The van der Waals surface area contributed by atoms with Gasteiger partial charge in [-0.1, -0.05) is 0 Å². The Balaban J connectivity index is 2.45. The fourth-order valence-electron chi connectivity index (χ4n) is 1.63. The molecule has 8 heteroatoms. The average molecular weight is 320 g/mol. The molecule has 0 radical (unpaired) electrons. The van der Waals surface area contributed by atoms with E-state index in [9.17, 15) is 14.7 Å². The molecule has 2 heterocycles. The van der Waals surface area contributed by atoms with E-state index >= 15 is 0 Å². The van der Waals surface area contributed by atoms with Crippen molar-refractivity contribution in [2.75, 3.05) is 14.2 Å². The summed E-state index contributed by atoms with van der Waals surface area (Å²) in [5.41, 5.74) is 0.319. The Bertz CT molecular complexity index is 721. The van der Waals surface area contributed by atoms with Crippen molar-refractivity contribution in [2.24, 2.45) is 4.99 Å². The molecule has 0 saturated carbocycles. The molecule has 1 N–H and O–H groups in total. The van der Waals surface area contributed by atoms with E-state index in [1.165, 1.54) is 32.5 Å². The van der Waals surface area contributed by atoms with Crippen LogP contribution in [0.2, 0.25) is 0 Å². The maximum absolute atomic E-state index is 11.6. The fourth-order valence-corrected chi connectivity index (χ4v) is 2.38. The lowest BCUT2D eigenvalue weighted by Gasteiger charge is -2.04. The van der Waals surface area contributed by atoms with Crippen molar-refractivity contribution >= 4 is 34.7 Å². The Hall–Kier alpha value is -2.74. The van der Waals surface area contributed by atoms with Crippen LogP contribution in [0.5, 0.6) is 5.88 Å². The smallest absolute Gasteiger partial charge is 0.355 e. The first-order valence-corrected chi connectivity index (χ1v) is 6.93. The summed E-state index contributed by atoms with van der Waals surface area (Å²) in [7, 11) is 2.71. The predicted octanol–water partition coefficient (Wildman–Crippen LogP) is 2.14. The van der Waals surface area contributed by atoms with Gasteiger partial charge in [0.25, 0.3) is 0 Å². The van der Waals surface area contributed by atoms with E-state index in [0.29, 0.717) is 11.4 Å². The summed E-state index contributed by atoms with van der Waals surface area (Å²) in [6, 6.07) is 4.61. The highest BCUT2D eigenvalue weighted by Gasteiger charge is 2.18. The highest BCUT2D eigenvalue weighted by Crippen LogP contribution is 2.27. The van der Waals surface area contributed by atoms with Gasteiger partial charge in [0.1, 0.15) is 4.88 Å². The zero-order chi connectivity index (χ0) is 16.1. The van der Waals surface area contributed by atoms with Crippen LogP contribution < -0.4 is 4.74 Å². The molecule has 0 bridgehead atoms. The molecule has 0 atom stereocenters. The number of esters is 1. The largest absolute Gasteiger partial charge is 0.481 e. The summed E-state index contributed by atoms with van der Waals surface area (Å²) in [5.74, 6) is -1.43. The molecule has 2 aromatic heterocycles. The number of thiophene rings is 1. The topological polar surface area (TPSA) is 98.1 Å². The summed E-state index contributed by atoms with van der Waals surface area (Å²) in [5, 5.41) is 11.0. The third-order valence-electron chi connectivity index (χ3n) is 2.67. The number of carbonyl (C=O) groups excluding carboxylic acids is 1. The van der Waals surface area contributed by atoms with Crippen molar-refractivity contribution in [1.82, 2.24) is 4.98 Å². The molecule has 0 aliphatic heterocycles. The van der Waals surface area contributed by atoms with E-state index in [2.05, 4.69) is 14.7 Å². The van der Waals surface area contributed by atoms with Gasteiger partial charge in [0.15, 0.2) is 5.71 Å². The average Bonchev–Trinajstić information content (AvgIpc) is 3.00. The van der Waals surface area contributed by atoms with Gasteiger partial charge in [0, 0.05) is 17.8 Å². The number of carboxylic acids is 1. The number of aromatic nitrogens is 1. The maximum Gasteiger partial charge on any atom is 0.355 e. The predicted molar refractivity (Wildman–Crippen MR) is 80.3 cm³/mol. The number of hydrogen-bond donors (Lipinski definition) is 1. The van der Waals surface area contributed by atoms with Crippen molar-refractivity contribution < 1.29 is 24.2 Å². The van der Waals surface area contributed by atoms with Gasteiger partial charge in [-0.05, 0) is 17.5 Å². The van der Waals surface area contributed by atoms with Gasteiger partial charge in [-0.2, -0.15) is 0 Å². The van der Waals surface area contributed by atoms with E-state index in [1.807, 2.05) is 0 Å². The normalized spacial score (nSPS) is 11.1. The van der Waals surface area contributed by atoms with Gasteiger partial charge in [-0.25, -0.2) is 19.6 Å². The van der Waals surface area contributed by atoms with Crippen LogP contribution in [-0.2, 0) is 9.53 Å². The minimum absolute atomic E-state index is 0.223. The van der Waals surface area contributed by atoms with Gasteiger partial charge in [-0.15, -0.1) is 11.3 Å². The Morgan fingerprint density at radius 1 is 1.27 bits per heavy atom. The van der Waals surface area contributed by atoms with Crippen molar-refractivity contribution in [1.29, 1.82) is 0 Å². The van der Waals surface area contributed by atoms with Crippen LogP contribution in [0.1, 0.15) is 15.2 Å². The monoisotopic (exact) mass is 320 g/mol. The minimum atomic E-state index is -1.23. The zero-order valence-corrected chi connectivity index (χ0v) is 12.6. The maximum atomic E-state index is 11.6. The number of nitrogens with zero attached hydrogens (tertiary/aromatic N) is 2. The second-order valence-corrected chi connectivity index (χ2v) is 4.90. The van der Waals surface area contributed by atoms with E-state index < -0.39 is 11.9 Å². The number of pyridine rings is 1. The molecule has 0 aliphatic carbocycles. The number of ether oxygens (including phenoxy) is 2. The van der Waals surface area contributed by atoms with Gasteiger partial charge in [0.05, 0.1) is 19.9 Å². The van der Waals surface area contributed by atoms with Crippen LogP contribution in [0.25, 0.3) is 0 Å². The van der Waals surface area contributed by atoms with Crippen LogP contribution in [-0.4, -0.2) is 42.0 Å². The Labute approximate surface area is 129 Å². The quantitative estimate of drug-likeness (QED) is 0.669. The number of aliphatic carboxylic acids is 1. The SMILES string of the molecule is COC(=O)c1sccc1N=C(C(=O)O)c1ccc(OC)nc1. The first kappa shape index (κ1) is 15.6. The number of methoxy groups -OCH3 is 2. The summed E-state index contributed by atoms with van der Waals surface area (Å²) in [4.78, 5) is 31.3. The van der Waals surface area contributed by atoms with Crippen LogP contribution >= 0.6 is 11.3 Å². The lowest BCUT2D eigenvalue weighted by Crippen LogP contribution is -2.14. The molecule has 0 unspecified atom stereocenters. The number of hydrogen-bond acceptors (Lipinski definition) is 7. The Morgan fingerprint density at radius 3 is 2.59 bits per heavy atom. The van der Waals surface area contributed by atoms with Crippen molar-refractivity contribution in [3.8, 4) is 5.88 Å². The van der Waals surface area contributed by atoms with Gasteiger partial charge < -0.3 is 14.6 Å². The van der Waals surface area contributed by atoms with Gasteiger partial charge in [-0.3, -0.25) is 0 Å². The van der Waals surface area contributed by atoms with Crippen LogP contribution in [0.4, 0.5) is 5.69 Å². The summed E-state index contributed by atoms with van der Waals surface area (Å²) < 4.78 is 9.56. The fraction of sp³-hybridized carbons (Fsp3) is 0.143. The number of carboxylic acid groups (broad SMARTS) is 1. The minimum Gasteiger partial charge on any atom is -0.481 e. The molecule has 0 aliphatic rings. The highest BCUT2D eigenvalue weighted by molar-refractivity contribution is 7.12. The Kier molecular flexibility index (Phi) is 4.84. The summed E-state index contributed by atoms with van der Waals surface area (Å²) >= 11 is 1.13. The molecule has 22 heavy (non-hydrogen) atoms. The van der Waals surface area contributed by atoms with Crippen molar-refractivity contribution in [2.45, 2.75) is 0 Å². The molecule has 0 amide bonds. The van der Waals surface area contributed by atoms with Crippen molar-refractivity contribution in [3.63, 3.8) is 0 Å². The second-order valence-electron chi connectivity index (χ2n) is 3.98. The summed E-state index contributed by atoms with van der Waals surface area (Å²) in [6.45, 7) is 0. The number of carbonyl (C=O) groups is 2. The lowest BCUT2D eigenvalue weighted by atomic mass is 10.2. The van der Waals surface area contributed by atoms with Crippen LogP contribution in [0.15, 0.2) is 34.8 Å². The van der Waals surface area contributed by atoms with Crippen LogP contribution in [0, 0.1) is 0 Å². The first-order valence-electron chi connectivity index (χ1n) is 6.05. The molecule has 0 fully saturated rings. The second kappa shape index (κ2) is 6.81. The molecular formula is C14H12N2O5S. The Morgan fingerprint density at radius 2 is 2.05 bits per heavy atom. The third-order valence-corrected chi connectivity index (χ3v) is 3.55. The molecule has 2 aromatic rings. The first-order chi connectivity index (χ1) is 10.6. The highest BCUT2D eigenvalue weighted by atomic mass is 32.1. The standard InChI is InChI=1S/C14H12N2O5S/c1-20-10-4-3-8(7-15-10)11(13(17)18)16-9-5-6-22-12(9)14(19)21-2/h3-7H,1-2H3,(H,17,18). The number of aliphatic imine (C=N–C) groups is 1. The molecule has 0 aromatic carbocycles. The van der Waals surface area contributed by atoms with Crippen LogP contribution in [0.3, 0.4) is 0 Å². The van der Waals surface area contributed by atoms with E-state index in [0.717, 1.165) is 11.3 Å². The molecule has 0 spiro atoms. The van der Waals surface area contributed by atoms with Gasteiger partial charge in [0.2, 0.25) is 5.88 Å². The molecule has 0 saturated heterocycles.